The fraction of sp³-hybridized carbons (Fsp3) is 0.217. The van der Waals surface area contributed by atoms with Crippen LogP contribution < -0.4 is 15.8 Å². The van der Waals surface area contributed by atoms with E-state index in [2.05, 4.69) is 10.3 Å². The Kier molecular flexibility index (Phi) is 10.3. The SMILES string of the molecule is CC(C)(CN)COc1ccncc1NC(=O)c1ccc(F)c(-c2c(F)cccc2F)c1F.Cl.Cl. The molecule has 1 amide bonds. The molecule has 0 spiro atoms. The maximum Gasteiger partial charge on any atom is 0.258 e. The van der Waals surface area contributed by atoms with E-state index in [-0.39, 0.29) is 48.3 Å². The summed E-state index contributed by atoms with van der Waals surface area (Å²) in [4.78, 5) is 16.7. The Morgan fingerprint density at radius 1 is 1.00 bits per heavy atom. The van der Waals surface area contributed by atoms with E-state index in [4.69, 9.17) is 10.5 Å². The number of halogens is 6. The lowest BCUT2D eigenvalue weighted by molar-refractivity contribution is 0.102. The molecule has 34 heavy (non-hydrogen) atoms. The molecular weight excluding hydrogens is 497 g/mol. The molecule has 5 nitrogen and oxygen atoms in total. The minimum absolute atomic E-state index is 0. The summed E-state index contributed by atoms with van der Waals surface area (Å²) >= 11 is 0. The Hall–Kier alpha value is -2.88. The number of ether oxygens (including phenoxy) is 1. The first-order chi connectivity index (χ1) is 15.1. The van der Waals surface area contributed by atoms with Gasteiger partial charge in [-0.3, -0.25) is 9.78 Å². The summed E-state index contributed by atoms with van der Waals surface area (Å²) in [5.41, 5.74) is 3.00. The van der Waals surface area contributed by atoms with Crippen LogP contribution in [0.15, 0.2) is 48.8 Å². The number of anilines is 1. The molecule has 0 atom stereocenters. The van der Waals surface area contributed by atoms with Gasteiger partial charge in [0.15, 0.2) is 0 Å². The smallest absolute Gasteiger partial charge is 0.258 e. The van der Waals surface area contributed by atoms with E-state index in [1.807, 2.05) is 13.8 Å². The van der Waals surface area contributed by atoms with Crippen molar-refractivity contribution in [1.29, 1.82) is 0 Å². The number of nitrogens with one attached hydrogen (secondary N) is 1. The van der Waals surface area contributed by atoms with E-state index in [0.29, 0.717) is 6.54 Å². The predicted molar refractivity (Wildman–Crippen MR) is 127 cm³/mol. The molecule has 0 bridgehead atoms. The van der Waals surface area contributed by atoms with Crippen LogP contribution in [0.3, 0.4) is 0 Å². The molecule has 0 aliphatic heterocycles. The van der Waals surface area contributed by atoms with Gasteiger partial charge in [-0.1, -0.05) is 19.9 Å². The number of benzene rings is 2. The highest BCUT2D eigenvalue weighted by molar-refractivity contribution is 6.06. The third kappa shape index (κ3) is 6.37. The summed E-state index contributed by atoms with van der Waals surface area (Å²) in [6, 6.07) is 5.96. The molecular formula is C23H23Cl2F4N3O2. The number of rotatable bonds is 7. The fourth-order valence-electron chi connectivity index (χ4n) is 2.82. The van der Waals surface area contributed by atoms with Crippen LogP contribution in [0.25, 0.3) is 11.1 Å². The number of amides is 1. The van der Waals surface area contributed by atoms with Crippen molar-refractivity contribution in [2.75, 3.05) is 18.5 Å². The van der Waals surface area contributed by atoms with Crippen molar-refractivity contribution in [1.82, 2.24) is 4.98 Å². The van der Waals surface area contributed by atoms with E-state index in [1.54, 1.807) is 0 Å². The zero-order valence-corrected chi connectivity index (χ0v) is 19.8. The Morgan fingerprint density at radius 3 is 2.24 bits per heavy atom. The molecule has 184 valence electrons. The van der Waals surface area contributed by atoms with Crippen LogP contribution in [-0.2, 0) is 0 Å². The molecule has 0 saturated carbocycles. The molecule has 11 heteroatoms. The van der Waals surface area contributed by atoms with Gasteiger partial charge in [-0.25, -0.2) is 17.6 Å². The van der Waals surface area contributed by atoms with Gasteiger partial charge in [0.25, 0.3) is 5.91 Å². The average Bonchev–Trinajstić information content (AvgIpc) is 2.75. The molecule has 0 aliphatic carbocycles. The van der Waals surface area contributed by atoms with Crippen LogP contribution in [-0.4, -0.2) is 24.0 Å². The van der Waals surface area contributed by atoms with Gasteiger partial charge in [-0.15, -0.1) is 24.8 Å². The van der Waals surface area contributed by atoms with Crippen molar-refractivity contribution >= 4 is 36.4 Å². The second kappa shape index (κ2) is 12.0. The molecule has 1 heterocycles. The first-order valence-electron chi connectivity index (χ1n) is 9.65. The fourth-order valence-corrected chi connectivity index (χ4v) is 2.82. The number of aromatic nitrogens is 1. The standard InChI is InChI=1S/C23H21F4N3O2.2ClH/c1-23(2,11-28)12-32-18-8-9-29-10-17(18)30-22(31)13-6-7-16(26)20(21(13)27)19-14(24)4-3-5-15(19)25;;/h3-10H,11-12,28H2,1-2H3,(H,30,31);2*1H. The van der Waals surface area contributed by atoms with Gasteiger partial charge in [0, 0.05) is 24.2 Å². The summed E-state index contributed by atoms with van der Waals surface area (Å²) in [5, 5.41) is 2.44. The molecule has 0 unspecified atom stereocenters. The number of hydrogen-bond acceptors (Lipinski definition) is 4. The van der Waals surface area contributed by atoms with Gasteiger partial charge < -0.3 is 15.8 Å². The summed E-state index contributed by atoms with van der Waals surface area (Å²) < 4.78 is 63.4. The zero-order chi connectivity index (χ0) is 23.5. The van der Waals surface area contributed by atoms with Gasteiger partial charge in [-0.2, -0.15) is 0 Å². The topological polar surface area (TPSA) is 77.2 Å². The Morgan fingerprint density at radius 2 is 1.62 bits per heavy atom. The van der Waals surface area contributed by atoms with Crippen molar-refractivity contribution in [2.45, 2.75) is 13.8 Å². The highest BCUT2D eigenvalue weighted by Gasteiger charge is 2.25. The quantitative estimate of drug-likeness (QED) is 0.388. The van der Waals surface area contributed by atoms with Crippen LogP contribution in [0.1, 0.15) is 24.2 Å². The maximum absolute atomic E-state index is 15.1. The van der Waals surface area contributed by atoms with Gasteiger partial charge >= 0.3 is 0 Å². The largest absolute Gasteiger partial charge is 0.491 e. The van der Waals surface area contributed by atoms with E-state index >= 15 is 4.39 Å². The minimum atomic E-state index is -1.40. The van der Waals surface area contributed by atoms with Crippen LogP contribution >= 0.6 is 24.8 Å². The van der Waals surface area contributed by atoms with Gasteiger partial charge in [0.1, 0.15) is 34.7 Å². The number of carbonyl (C=O) groups excluding carboxylic acids is 1. The number of carbonyl (C=O) groups is 1. The Labute approximate surface area is 206 Å². The summed E-state index contributed by atoms with van der Waals surface area (Å²) in [6.07, 6.45) is 2.74. The first kappa shape index (κ1) is 29.2. The molecule has 3 rings (SSSR count). The van der Waals surface area contributed by atoms with Crippen LogP contribution in [0.5, 0.6) is 5.75 Å². The highest BCUT2D eigenvalue weighted by atomic mass is 35.5. The monoisotopic (exact) mass is 519 g/mol. The van der Waals surface area contributed by atoms with Gasteiger partial charge in [0.05, 0.1) is 29.5 Å². The van der Waals surface area contributed by atoms with Crippen LogP contribution in [0, 0.1) is 28.7 Å². The summed E-state index contributed by atoms with van der Waals surface area (Å²) in [7, 11) is 0. The molecule has 0 fully saturated rings. The second-order valence-electron chi connectivity index (χ2n) is 7.86. The highest BCUT2D eigenvalue weighted by Crippen LogP contribution is 2.33. The molecule has 0 saturated heterocycles. The van der Waals surface area contributed by atoms with Crippen molar-refractivity contribution in [3.05, 3.63) is 77.6 Å². The predicted octanol–water partition coefficient (Wildman–Crippen LogP) is 5.76. The van der Waals surface area contributed by atoms with E-state index < -0.39 is 45.9 Å². The maximum atomic E-state index is 15.1. The third-order valence-corrected chi connectivity index (χ3v) is 4.75. The molecule has 0 aliphatic rings. The third-order valence-electron chi connectivity index (χ3n) is 4.75. The molecule has 3 N–H and O–H groups in total. The normalized spacial score (nSPS) is 10.7. The number of nitrogens with zero attached hydrogens (tertiary/aromatic N) is 1. The molecule has 0 radical (unpaired) electrons. The molecule has 2 aromatic carbocycles. The van der Waals surface area contributed by atoms with E-state index in [0.717, 1.165) is 30.3 Å². The van der Waals surface area contributed by atoms with Crippen molar-refractivity contribution in [2.24, 2.45) is 11.1 Å². The number of hydrogen-bond donors (Lipinski definition) is 2. The number of nitrogens with two attached hydrogens (primary N) is 1. The molecule has 1 aromatic heterocycles. The molecule has 3 aromatic rings. The van der Waals surface area contributed by atoms with Gasteiger partial charge in [0.2, 0.25) is 0 Å². The Bertz CT molecular complexity index is 1140. The average molecular weight is 520 g/mol. The first-order valence-corrected chi connectivity index (χ1v) is 9.65. The van der Waals surface area contributed by atoms with Crippen molar-refractivity contribution < 1.29 is 27.1 Å². The van der Waals surface area contributed by atoms with Crippen LogP contribution in [0.2, 0.25) is 0 Å². The lowest BCUT2D eigenvalue weighted by atomic mass is 9.95. The Balaban J connectivity index is 0.00000289. The number of pyridine rings is 1. The lowest BCUT2D eigenvalue weighted by Gasteiger charge is -2.23. The summed E-state index contributed by atoms with van der Waals surface area (Å²) in [5.74, 6) is -5.65. The van der Waals surface area contributed by atoms with E-state index in [1.165, 1.54) is 18.5 Å². The van der Waals surface area contributed by atoms with E-state index in [9.17, 15) is 18.0 Å². The van der Waals surface area contributed by atoms with Crippen LogP contribution in [0.4, 0.5) is 23.2 Å². The zero-order valence-electron chi connectivity index (χ0n) is 18.2. The summed E-state index contributed by atoms with van der Waals surface area (Å²) in [6.45, 7) is 4.38. The van der Waals surface area contributed by atoms with Crippen molar-refractivity contribution in [3.8, 4) is 16.9 Å². The minimum Gasteiger partial charge on any atom is -0.491 e. The van der Waals surface area contributed by atoms with Crippen molar-refractivity contribution in [3.63, 3.8) is 0 Å². The van der Waals surface area contributed by atoms with Gasteiger partial charge in [-0.05, 0) is 24.3 Å². The second-order valence-corrected chi connectivity index (χ2v) is 7.86. The lowest BCUT2D eigenvalue weighted by Crippen LogP contribution is -2.30.